The van der Waals surface area contributed by atoms with Crippen LogP contribution >= 0.6 is 0 Å². The maximum Gasteiger partial charge on any atom is 0.343 e. The number of benzene rings is 3. The summed E-state index contributed by atoms with van der Waals surface area (Å²) in [6.45, 7) is 5.82. The van der Waals surface area contributed by atoms with Crippen LogP contribution in [0.2, 0.25) is 0 Å². The van der Waals surface area contributed by atoms with Gasteiger partial charge in [-0.25, -0.2) is 9.59 Å². The van der Waals surface area contributed by atoms with Crippen molar-refractivity contribution in [2.45, 2.75) is 20.8 Å². The molecule has 0 saturated heterocycles. The van der Waals surface area contributed by atoms with Crippen molar-refractivity contribution in [1.29, 1.82) is 0 Å². The van der Waals surface area contributed by atoms with E-state index < -0.39 is 11.9 Å². The zero-order valence-electron chi connectivity index (χ0n) is 16.0. The molecular formula is C23H19O4Y-. The second-order valence-corrected chi connectivity index (χ2v) is 6.31. The summed E-state index contributed by atoms with van der Waals surface area (Å²) in [6, 6.07) is 19.8. The number of carbonyl (C=O) groups is 2. The first-order valence-electron chi connectivity index (χ1n) is 8.52. The third kappa shape index (κ3) is 5.60. The molecule has 0 aliphatic heterocycles. The van der Waals surface area contributed by atoms with Crippen LogP contribution in [0.4, 0.5) is 0 Å². The molecule has 28 heavy (non-hydrogen) atoms. The maximum atomic E-state index is 12.3. The van der Waals surface area contributed by atoms with Crippen molar-refractivity contribution in [3.8, 4) is 11.5 Å². The van der Waals surface area contributed by atoms with Crippen LogP contribution in [-0.4, -0.2) is 11.9 Å². The minimum absolute atomic E-state index is 0. The topological polar surface area (TPSA) is 52.6 Å². The summed E-state index contributed by atoms with van der Waals surface area (Å²) >= 11 is 0. The van der Waals surface area contributed by atoms with Crippen molar-refractivity contribution in [2.24, 2.45) is 0 Å². The van der Waals surface area contributed by atoms with Crippen LogP contribution in [0.1, 0.15) is 37.4 Å². The largest absolute Gasteiger partial charge is 0.487 e. The molecule has 0 spiro atoms. The molecule has 3 rings (SSSR count). The van der Waals surface area contributed by atoms with Gasteiger partial charge < -0.3 is 9.47 Å². The Morgan fingerprint density at radius 3 is 1.79 bits per heavy atom. The summed E-state index contributed by atoms with van der Waals surface area (Å²) < 4.78 is 10.7. The molecule has 3 aromatic rings. The van der Waals surface area contributed by atoms with Gasteiger partial charge in [0, 0.05) is 38.5 Å². The van der Waals surface area contributed by atoms with Crippen molar-refractivity contribution in [2.75, 3.05) is 0 Å². The van der Waals surface area contributed by atoms with E-state index in [0.717, 1.165) is 16.7 Å². The van der Waals surface area contributed by atoms with Gasteiger partial charge in [0.05, 0.1) is 11.1 Å². The molecule has 0 aliphatic carbocycles. The van der Waals surface area contributed by atoms with Crippen LogP contribution in [0, 0.1) is 26.8 Å². The minimum atomic E-state index is -0.483. The van der Waals surface area contributed by atoms with Gasteiger partial charge in [-0.05, 0) is 43.3 Å². The van der Waals surface area contributed by atoms with Gasteiger partial charge in [0.15, 0.2) is 0 Å². The van der Waals surface area contributed by atoms with Crippen molar-refractivity contribution >= 4 is 11.9 Å². The van der Waals surface area contributed by atoms with E-state index in [1.807, 2.05) is 32.9 Å². The minimum Gasteiger partial charge on any atom is -0.487 e. The average Bonchev–Trinajstić information content (AvgIpc) is 2.66. The summed E-state index contributed by atoms with van der Waals surface area (Å²) in [5, 5.41) is 0. The molecule has 0 fully saturated rings. The Balaban J connectivity index is 0.00000280. The number of hydrogen-bond acceptors (Lipinski definition) is 4. The third-order valence-electron chi connectivity index (χ3n) is 4.18. The smallest absolute Gasteiger partial charge is 0.343 e. The number of aryl methyl sites for hydroxylation is 3. The van der Waals surface area contributed by atoms with Crippen molar-refractivity contribution in [3.05, 3.63) is 94.5 Å². The molecule has 0 unspecified atom stereocenters. The van der Waals surface area contributed by atoms with E-state index in [0.29, 0.717) is 22.6 Å². The Labute approximate surface area is 189 Å². The zero-order valence-corrected chi connectivity index (χ0v) is 18.8. The monoisotopic (exact) mass is 448 g/mol. The fourth-order valence-electron chi connectivity index (χ4n) is 2.40. The van der Waals surface area contributed by atoms with Gasteiger partial charge in [0.1, 0.15) is 5.75 Å². The predicted molar refractivity (Wildman–Crippen MR) is 102 cm³/mol. The Morgan fingerprint density at radius 2 is 1.25 bits per heavy atom. The molecule has 0 bridgehead atoms. The second kappa shape index (κ2) is 9.76. The van der Waals surface area contributed by atoms with Gasteiger partial charge in [-0.1, -0.05) is 31.5 Å². The number of esters is 2. The number of hydrogen-bond donors (Lipinski definition) is 0. The molecule has 0 atom stereocenters. The summed E-state index contributed by atoms with van der Waals surface area (Å²) in [6.07, 6.45) is 0. The summed E-state index contributed by atoms with van der Waals surface area (Å²) in [4.78, 5) is 24.4. The van der Waals surface area contributed by atoms with E-state index in [1.165, 1.54) is 0 Å². The van der Waals surface area contributed by atoms with E-state index in [9.17, 15) is 9.59 Å². The van der Waals surface area contributed by atoms with Crippen molar-refractivity contribution in [3.63, 3.8) is 0 Å². The summed E-state index contributed by atoms with van der Waals surface area (Å²) in [5.74, 6) is -0.131. The molecule has 0 saturated carbocycles. The molecule has 0 heterocycles. The molecule has 4 nitrogen and oxygen atoms in total. The first-order chi connectivity index (χ1) is 12.9. The summed E-state index contributed by atoms with van der Waals surface area (Å²) in [5.41, 5.74) is 3.91. The fraction of sp³-hybridized carbons (Fsp3) is 0.130. The predicted octanol–water partition coefficient (Wildman–Crippen LogP) is 4.85. The van der Waals surface area contributed by atoms with Crippen molar-refractivity contribution in [1.82, 2.24) is 0 Å². The molecule has 1 radical (unpaired) electrons. The summed E-state index contributed by atoms with van der Waals surface area (Å²) in [7, 11) is 0. The molecule has 3 aromatic carbocycles. The van der Waals surface area contributed by atoms with Gasteiger partial charge in [-0.3, -0.25) is 0 Å². The molecule has 0 amide bonds. The number of rotatable bonds is 4. The first-order valence-corrected chi connectivity index (χ1v) is 8.52. The van der Waals surface area contributed by atoms with Crippen LogP contribution in [0.3, 0.4) is 0 Å². The van der Waals surface area contributed by atoms with Gasteiger partial charge >= 0.3 is 11.9 Å². The normalized spacial score (nSPS) is 9.96. The molecule has 0 aromatic heterocycles. The molecule has 5 heteroatoms. The fourth-order valence-corrected chi connectivity index (χ4v) is 2.40. The standard InChI is InChI=1S/C23H19O4.Y/c1-15-4-7-18(8-5-15)22(24)26-20-12-9-19(10-13-20)23(25)27-21-11-6-16(2)17(3)14-21;/h4-5,7-14H,1-3H3;/q-1;. The van der Waals surface area contributed by atoms with Crippen LogP contribution in [0.15, 0.2) is 60.7 Å². The van der Waals surface area contributed by atoms with E-state index in [1.54, 1.807) is 48.5 Å². The molecule has 139 valence electrons. The Kier molecular flexibility index (Phi) is 7.67. The maximum absolute atomic E-state index is 12.3. The molecule has 0 N–H and O–H groups in total. The number of ether oxygens (including phenoxy) is 2. The van der Waals surface area contributed by atoms with Crippen molar-refractivity contribution < 1.29 is 51.8 Å². The van der Waals surface area contributed by atoms with Crippen LogP contribution in [0.5, 0.6) is 11.5 Å². The van der Waals surface area contributed by atoms with E-state index in [-0.39, 0.29) is 32.7 Å². The van der Waals surface area contributed by atoms with Crippen LogP contribution < -0.4 is 9.47 Å². The van der Waals surface area contributed by atoms with E-state index >= 15 is 0 Å². The van der Waals surface area contributed by atoms with E-state index in [4.69, 9.17) is 9.47 Å². The second-order valence-electron chi connectivity index (χ2n) is 6.31. The number of carbonyl (C=O) groups excluding carboxylic acids is 2. The first kappa shape index (κ1) is 22.0. The average molecular weight is 448 g/mol. The Bertz CT molecular complexity index is 976. The third-order valence-corrected chi connectivity index (χ3v) is 4.18. The Morgan fingerprint density at radius 1 is 0.750 bits per heavy atom. The van der Waals surface area contributed by atoms with Gasteiger partial charge in [-0.2, -0.15) is 17.2 Å². The quantitative estimate of drug-likeness (QED) is 0.326. The molecular weight excluding hydrogens is 429 g/mol. The van der Waals surface area contributed by atoms with Gasteiger partial charge in [0.2, 0.25) is 0 Å². The van der Waals surface area contributed by atoms with E-state index in [2.05, 4.69) is 6.07 Å². The molecule has 0 aliphatic rings. The Hall–Kier alpha value is -2.30. The van der Waals surface area contributed by atoms with Gasteiger partial charge in [-0.15, -0.1) is 12.1 Å². The van der Waals surface area contributed by atoms with Crippen LogP contribution in [0.25, 0.3) is 0 Å². The SMILES string of the molecule is Cc1ccc(C(=O)Oc2ccc(C(=O)Oc3c[c-]c(C)c(C)c3)cc2)cc1.[Y]. The van der Waals surface area contributed by atoms with Crippen LogP contribution in [-0.2, 0) is 32.7 Å². The van der Waals surface area contributed by atoms with Gasteiger partial charge in [0.25, 0.3) is 0 Å². The zero-order chi connectivity index (χ0) is 19.4.